The highest BCUT2D eigenvalue weighted by molar-refractivity contribution is 5.92. The number of carbonyl (C=O) groups excluding carboxylic acids is 3. The lowest BCUT2D eigenvalue weighted by Gasteiger charge is -2.35. The SMILES string of the molecule is CCCCCCCCN(C(=O)C(Cc1ccccc1)NC(=O)OC(C)(C)C)C(C(=O)NCCCCC)c1cccc(C)c1C. The van der Waals surface area contributed by atoms with E-state index in [0.29, 0.717) is 13.1 Å². The molecule has 0 saturated carbocycles. The van der Waals surface area contributed by atoms with E-state index in [2.05, 4.69) is 24.5 Å². The molecule has 3 amide bonds. The van der Waals surface area contributed by atoms with Crippen molar-refractivity contribution >= 4 is 17.9 Å². The first-order valence-electron chi connectivity index (χ1n) is 16.7. The van der Waals surface area contributed by atoms with Gasteiger partial charge in [-0.2, -0.15) is 0 Å². The summed E-state index contributed by atoms with van der Waals surface area (Å²) in [6.45, 7) is 14.7. The Bertz CT molecular complexity index is 1160. The van der Waals surface area contributed by atoms with Gasteiger partial charge in [0.05, 0.1) is 0 Å². The van der Waals surface area contributed by atoms with E-state index in [-0.39, 0.29) is 18.2 Å². The maximum absolute atomic E-state index is 14.7. The van der Waals surface area contributed by atoms with Crippen LogP contribution in [0.5, 0.6) is 0 Å². The number of amides is 3. The first kappa shape index (κ1) is 36.8. The van der Waals surface area contributed by atoms with E-state index >= 15 is 0 Å². The molecule has 2 unspecified atom stereocenters. The number of benzene rings is 2. The number of aryl methyl sites for hydroxylation is 1. The van der Waals surface area contributed by atoms with Crippen molar-refractivity contribution in [3.05, 3.63) is 70.8 Å². The fourth-order valence-electron chi connectivity index (χ4n) is 5.33. The average Bonchev–Trinajstić information content (AvgIpc) is 2.97. The lowest BCUT2D eigenvalue weighted by Crippen LogP contribution is -2.54. The summed E-state index contributed by atoms with van der Waals surface area (Å²) in [5.41, 5.74) is 3.05. The Labute approximate surface area is 266 Å². The van der Waals surface area contributed by atoms with Crippen LogP contribution in [0.1, 0.15) is 121 Å². The van der Waals surface area contributed by atoms with Crippen molar-refractivity contribution < 1.29 is 19.1 Å². The number of unbranched alkanes of at least 4 members (excludes halogenated alkanes) is 7. The van der Waals surface area contributed by atoms with Crippen molar-refractivity contribution in [2.45, 2.75) is 130 Å². The van der Waals surface area contributed by atoms with Gasteiger partial charge in [0.15, 0.2) is 0 Å². The Morgan fingerprint density at radius 2 is 1.45 bits per heavy atom. The van der Waals surface area contributed by atoms with Crippen LogP contribution >= 0.6 is 0 Å². The van der Waals surface area contributed by atoms with E-state index in [1.54, 1.807) is 25.7 Å². The molecule has 0 radical (unpaired) electrons. The van der Waals surface area contributed by atoms with Crippen LogP contribution in [0.15, 0.2) is 48.5 Å². The second kappa shape index (κ2) is 19.1. The minimum absolute atomic E-state index is 0.190. The molecule has 7 heteroatoms. The molecule has 0 aliphatic rings. The Hall–Kier alpha value is -3.35. The van der Waals surface area contributed by atoms with Crippen LogP contribution in [0.25, 0.3) is 0 Å². The van der Waals surface area contributed by atoms with Crippen LogP contribution < -0.4 is 10.6 Å². The van der Waals surface area contributed by atoms with Crippen molar-refractivity contribution in [1.29, 1.82) is 0 Å². The molecule has 0 saturated heterocycles. The topological polar surface area (TPSA) is 87.7 Å². The molecule has 244 valence electrons. The van der Waals surface area contributed by atoms with E-state index in [0.717, 1.165) is 73.6 Å². The molecule has 2 N–H and O–H groups in total. The first-order chi connectivity index (χ1) is 21.0. The molecule has 2 rings (SSSR count). The number of hydrogen-bond acceptors (Lipinski definition) is 4. The van der Waals surface area contributed by atoms with Crippen LogP contribution in [0, 0.1) is 13.8 Å². The smallest absolute Gasteiger partial charge is 0.408 e. The van der Waals surface area contributed by atoms with Crippen molar-refractivity contribution in [2.75, 3.05) is 13.1 Å². The third kappa shape index (κ3) is 12.7. The predicted octanol–water partition coefficient (Wildman–Crippen LogP) is 7.98. The van der Waals surface area contributed by atoms with Gasteiger partial charge in [-0.1, -0.05) is 107 Å². The summed E-state index contributed by atoms with van der Waals surface area (Å²) >= 11 is 0. The highest BCUT2D eigenvalue weighted by Crippen LogP contribution is 2.28. The van der Waals surface area contributed by atoms with Crippen molar-refractivity contribution in [3.8, 4) is 0 Å². The maximum Gasteiger partial charge on any atom is 0.408 e. The van der Waals surface area contributed by atoms with E-state index in [9.17, 15) is 14.4 Å². The average molecular weight is 608 g/mol. The maximum atomic E-state index is 14.7. The van der Waals surface area contributed by atoms with Gasteiger partial charge < -0.3 is 20.3 Å². The Kier molecular flexibility index (Phi) is 16.0. The minimum atomic E-state index is -0.909. The van der Waals surface area contributed by atoms with Crippen molar-refractivity contribution in [2.24, 2.45) is 0 Å². The lowest BCUT2D eigenvalue weighted by molar-refractivity contribution is -0.142. The Morgan fingerprint density at radius 1 is 0.818 bits per heavy atom. The van der Waals surface area contributed by atoms with Crippen LogP contribution in [0.2, 0.25) is 0 Å². The van der Waals surface area contributed by atoms with E-state index in [1.165, 1.54) is 6.42 Å². The highest BCUT2D eigenvalue weighted by atomic mass is 16.6. The summed E-state index contributed by atoms with van der Waals surface area (Å²) in [5.74, 6) is -0.479. The van der Waals surface area contributed by atoms with Crippen LogP contribution in [-0.4, -0.2) is 47.5 Å². The quantitative estimate of drug-likeness (QED) is 0.168. The molecule has 2 aromatic carbocycles. The largest absolute Gasteiger partial charge is 0.444 e. The molecule has 0 heterocycles. The molecular formula is C37H57N3O4. The van der Waals surface area contributed by atoms with Crippen molar-refractivity contribution in [1.82, 2.24) is 15.5 Å². The first-order valence-corrected chi connectivity index (χ1v) is 16.7. The second-order valence-corrected chi connectivity index (χ2v) is 12.9. The summed E-state index contributed by atoms with van der Waals surface area (Å²) in [5, 5.41) is 6.00. The third-order valence-corrected chi connectivity index (χ3v) is 7.89. The summed E-state index contributed by atoms with van der Waals surface area (Å²) in [6, 6.07) is 13.8. The lowest BCUT2D eigenvalue weighted by atomic mass is 9.94. The monoisotopic (exact) mass is 607 g/mol. The van der Waals surface area contributed by atoms with Crippen molar-refractivity contribution in [3.63, 3.8) is 0 Å². The van der Waals surface area contributed by atoms with E-state index in [4.69, 9.17) is 4.74 Å². The molecule has 7 nitrogen and oxygen atoms in total. The number of ether oxygens (including phenoxy) is 1. The molecule has 0 aromatic heterocycles. The predicted molar refractivity (Wildman–Crippen MR) is 180 cm³/mol. The van der Waals surface area contributed by atoms with Crippen LogP contribution in [0.3, 0.4) is 0 Å². The third-order valence-electron chi connectivity index (χ3n) is 7.89. The normalized spacial score (nSPS) is 12.7. The van der Waals surface area contributed by atoms with Gasteiger partial charge in [0.2, 0.25) is 11.8 Å². The van der Waals surface area contributed by atoms with Gasteiger partial charge in [-0.05, 0) is 69.7 Å². The second-order valence-electron chi connectivity index (χ2n) is 12.9. The summed E-state index contributed by atoms with van der Waals surface area (Å²) < 4.78 is 5.58. The zero-order valence-corrected chi connectivity index (χ0v) is 28.3. The Morgan fingerprint density at radius 3 is 2.11 bits per heavy atom. The number of nitrogens with one attached hydrogen (secondary N) is 2. The summed E-state index contributed by atoms with van der Waals surface area (Å²) in [7, 11) is 0. The summed E-state index contributed by atoms with van der Waals surface area (Å²) in [4.78, 5) is 43.5. The zero-order valence-electron chi connectivity index (χ0n) is 28.3. The zero-order chi connectivity index (χ0) is 32.5. The van der Waals surface area contributed by atoms with E-state index in [1.807, 2.05) is 62.4 Å². The number of rotatable bonds is 18. The fraction of sp³-hybridized carbons (Fsp3) is 0.595. The molecule has 0 fully saturated rings. The van der Waals surface area contributed by atoms with Crippen LogP contribution in [0.4, 0.5) is 4.79 Å². The van der Waals surface area contributed by atoms with Gasteiger partial charge in [-0.25, -0.2) is 4.79 Å². The number of hydrogen-bond donors (Lipinski definition) is 2. The van der Waals surface area contributed by atoms with Gasteiger partial charge in [0.1, 0.15) is 17.7 Å². The fourth-order valence-corrected chi connectivity index (χ4v) is 5.33. The molecule has 44 heavy (non-hydrogen) atoms. The highest BCUT2D eigenvalue weighted by Gasteiger charge is 2.37. The van der Waals surface area contributed by atoms with Gasteiger partial charge in [-0.15, -0.1) is 0 Å². The minimum Gasteiger partial charge on any atom is -0.444 e. The number of carbonyl (C=O) groups is 3. The standard InChI is InChI=1S/C37H57N3O4/c1-8-10-12-13-14-19-26-40(33(34(41)38-25-18-11-9-2)31-24-20-21-28(3)29(31)4)35(42)32(27-30-22-16-15-17-23-30)39-36(43)44-37(5,6)7/h15-17,20-24,32-33H,8-14,18-19,25-27H2,1-7H3,(H,38,41)(H,39,43). The van der Waals surface area contributed by atoms with Gasteiger partial charge >= 0.3 is 6.09 Å². The van der Waals surface area contributed by atoms with Gasteiger partial charge in [0.25, 0.3) is 0 Å². The summed E-state index contributed by atoms with van der Waals surface area (Å²) in [6.07, 6.45) is 8.89. The molecule has 0 aliphatic carbocycles. The number of alkyl carbamates (subject to hydrolysis) is 1. The Balaban J connectivity index is 2.54. The van der Waals surface area contributed by atoms with E-state index < -0.39 is 23.8 Å². The van der Waals surface area contributed by atoms with Gasteiger partial charge in [0, 0.05) is 19.5 Å². The number of nitrogens with zero attached hydrogens (tertiary/aromatic N) is 1. The molecular weight excluding hydrogens is 550 g/mol. The molecule has 2 atom stereocenters. The molecule has 0 aliphatic heterocycles. The molecule has 0 spiro atoms. The molecule has 2 aromatic rings. The van der Waals surface area contributed by atoms with Gasteiger partial charge in [-0.3, -0.25) is 9.59 Å². The van der Waals surface area contributed by atoms with Crippen LogP contribution in [-0.2, 0) is 20.7 Å². The molecule has 0 bridgehead atoms.